The maximum atomic E-state index is 12.3. The highest BCUT2D eigenvalue weighted by molar-refractivity contribution is 9.10. The molecule has 5 nitrogen and oxygen atoms in total. The molecule has 0 spiro atoms. The van der Waals surface area contributed by atoms with Gasteiger partial charge in [-0.1, -0.05) is 0 Å². The molecule has 2 aromatic rings. The number of nitro groups is 1. The first kappa shape index (κ1) is 14.7. The van der Waals surface area contributed by atoms with Crippen LogP contribution in [0.1, 0.15) is 15.9 Å². The lowest BCUT2D eigenvalue weighted by Crippen LogP contribution is -2.26. The van der Waals surface area contributed by atoms with Crippen LogP contribution < -0.4 is 0 Å². The number of carbonyl (C=O) groups excluding carboxylic acids is 1. The minimum atomic E-state index is -0.512. The molecule has 20 heavy (non-hydrogen) atoms. The largest absolute Gasteiger partial charge is 0.337 e. The average molecular weight is 355 g/mol. The van der Waals surface area contributed by atoms with Crippen molar-refractivity contribution in [2.75, 3.05) is 7.05 Å². The molecular formula is C13H11BrN2O3S. The Morgan fingerprint density at radius 2 is 2.20 bits per heavy atom. The third-order valence-electron chi connectivity index (χ3n) is 2.74. The quantitative estimate of drug-likeness (QED) is 0.621. The lowest BCUT2D eigenvalue weighted by Gasteiger charge is -2.17. The number of halogens is 1. The number of nitrogens with zero attached hydrogens (tertiary/aromatic N) is 2. The number of hydrogen-bond acceptors (Lipinski definition) is 4. The van der Waals surface area contributed by atoms with Gasteiger partial charge >= 0.3 is 0 Å². The second kappa shape index (κ2) is 6.15. The number of rotatable bonds is 4. The van der Waals surface area contributed by atoms with Crippen LogP contribution >= 0.6 is 27.3 Å². The van der Waals surface area contributed by atoms with E-state index in [0.29, 0.717) is 11.0 Å². The second-order valence-corrected chi connectivity index (χ2v) is 5.85. The van der Waals surface area contributed by atoms with E-state index in [2.05, 4.69) is 15.9 Å². The van der Waals surface area contributed by atoms with Crippen LogP contribution in [0.4, 0.5) is 5.69 Å². The van der Waals surface area contributed by atoms with Crippen LogP contribution in [0.2, 0.25) is 0 Å². The minimum Gasteiger partial charge on any atom is -0.337 e. The smallest absolute Gasteiger partial charge is 0.270 e. The Morgan fingerprint density at radius 3 is 2.80 bits per heavy atom. The molecule has 0 radical (unpaired) electrons. The van der Waals surface area contributed by atoms with Crippen molar-refractivity contribution < 1.29 is 9.72 Å². The molecular weight excluding hydrogens is 344 g/mol. The molecule has 1 aromatic heterocycles. The van der Waals surface area contributed by atoms with Gasteiger partial charge in [0.1, 0.15) is 0 Å². The standard InChI is InChI=1S/C13H11BrN2O3S/c1-15(7-9-4-5-20-8-9)13(17)11-6-10(16(18)19)2-3-12(11)14/h2-6,8H,7H2,1H3. The van der Waals surface area contributed by atoms with Gasteiger partial charge in [0.05, 0.1) is 10.5 Å². The van der Waals surface area contributed by atoms with Crippen molar-refractivity contribution in [3.05, 3.63) is 60.7 Å². The van der Waals surface area contributed by atoms with E-state index in [-0.39, 0.29) is 17.2 Å². The van der Waals surface area contributed by atoms with Gasteiger partial charge in [-0.2, -0.15) is 11.3 Å². The van der Waals surface area contributed by atoms with Crippen LogP contribution in [-0.4, -0.2) is 22.8 Å². The molecule has 2 rings (SSSR count). The Hall–Kier alpha value is -1.73. The highest BCUT2D eigenvalue weighted by atomic mass is 79.9. The van der Waals surface area contributed by atoms with E-state index in [1.54, 1.807) is 18.4 Å². The SMILES string of the molecule is CN(Cc1ccsc1)C(=O)c1cc([N+](=O)[O-])ccc1Br. The minimum absolute atomic E-state index is 0.0968. The first-order valence-corrected chi connectivity index (χ1v) is 7.43. The Morgan fingerprint density at radius 1 is 1.45 bits per heavy atom. The molecule has 7 heteroatoms. The molecule has 0 bridgehead atoms. The lowest BCUT2D eigenvalue weighted by atomic mass is 10.1. The van der Waals surface area contributed by atoms with Crippen molar-refractivity contribution in [3.8, 4) is 0 Å². The zero-order chi connectivity index (χ0) is 14.7. The van der Waals surface area contributed by atoms with Crippen LogP contribution in [0.25, 0.3) is 0 Å². The molecule has 0 N–H and O–H groups in total. The predicted molar refractivity (Wildman–Crippen MR) is 80.9 cm³/mol. The molecule has 1 aromatic carbocycles. The fraction of sp³-hybridized carbons (Fsp3) is 0.154. The van der Waals surface area contributed by atoms with E-state index in [4.69, 9.17) is 0 Å². The summed E-state index contributed by atoms with van der Waals surface area (Å²) in [5.74, 6) is -0.258. The van der Waals surface area contributed by atoms with Gasteiger partial charge in [-0.05, 0) is 44.4 Å². The summed E-state index contributed by atoms with van der Waals surface area (Å²) in [7, 11) is 1.67. The van der Waals surface area contributed by atoms with Crippen molar-refractivity contribution in [2.45, 2.75) is 6.54 Å². The molecule has 0 aliphatic carbocycles. The van der Waals surface area contributed by atoms with Crippen LogP contribution in [0.15, 0.2) is 39.5 Å². The topological polar surface area (TPSA) is 63.5 Å². The highest BCUT2D eigenvalue weighted by Crippen LogP contribution is 2.24. The number of hydrogen-bond donors (Lipinski definition) is 0. The number of non-ortho nitro benzene ring substituents is 1. The molecule has 0 saturated carbocycles. The first-order valence-electron chi connectivity index (χ1n) is 5.69. The summed E-state index contributed by atoms with van der Waals surface area (Å²) in [5, 5.41) is 14.7. The molecule has 104 valence electrons. The summed E-state index contributed by atoms with van der Waals surface area (Å²) >= 11 is 4.82. The fourth-order valence-corrected chi connectivity index (χ4v) is 2.80. The number of carbonyl (C=O) groups is 1. The summed E-state index contributed by atoms with van der Waals surface area (Å²) in [6.45, 7) is 0.470. The summed E-state index contributed by atoms with van der Waals surface area (Å²) in [6.07, 6.45) is 0. The van der Waals surface area contributed by atoms with E-state index in [0.717, 1.165) is 5.56 Å². The van der Waals surface area contributed by atoms with Crippen molar-refractivity contribution in [1.29, 1.82) is 0 Å². The number of nitro benzene ring substituents is 1. The van der Waals surface area contributed by atoms with Gasteiger partial charge in [0, 0.05) is 30.2 Å². The van der Waals surface area contributed by atoms with Gasteiger partial charge in [0.2, 0.25) is 0 Å². The van der Waals surface area contributed by atoms with E-state index >= 15 is 0 Å². The van der Waals surface area contributed by atoms with Crippen LogP contribution in [0.3, 0.4) is 0 Å². The Kier molecular flexibility index (Phi) is 4.51. The van der Waals surface area contributed by atoms with Crippen molar-refractivity contribution in [1.82, 2.24) is 4.90 Å². The van der Waals surface area contributed by atoms with Crippen molar-refractivity contribution in [2.24, 2.45) is 0 Å². The molecule has 0 unspecified atom stereocenters. The molecule has 0 atom stereocenters. The maximum absolute atomic E-state index is 12.3. The van der Waals surface area contributed by atoms with Gasteiger partial charge in [-0.15, -0.1) is 0 Å². The number of amides is 1. The van der Waals surface area contributed by atoms with E-state index in [1.807, 2.05) is 16.8 Å². The van der Waals surface area contributed by atoms with Gasteiger partial charge in [0.25, 0.3) is 11.6 Å². The second-order valence-electron chi connectivity index (χ2n) is 4.21. The summed E-state index contributed by atoms with van der Waals surface area (Å²) in [5.41, 5.74) is 1.23. The molecule has 0 aliphatic rings. The van der Waals surface area contributed by atoms with Crippen molar-refractivity contribution in [3.63, 3.8) is 0 Å². The van der Waals surface area contributed by atoms with E-state index in [9.17, 15) is 14.9 Å². The average Bonchev–Trinajstić information content (AvgIpc) is 2.91. The zero-order valence-electron chi connectivity index (χ0n) is 10.6. The third-order valence-corrected chi connectivity index (χ3v) is 4.16. The molecule has 0 aliphatic heterocycles. The zero-order valence-corrected chi connectivity index (χ0v) is 13.0. The van der Waals surface area contributed by atoms with E-state index < -0.39 is 4.92 Å². The van der Waals surface area contributed by atoms with Gasteiger partial charge in [0.15, 0.2) is 0 Å². The highest BCUT2D eigenvalue weighted by Gasteiger charge is 2.19. The predicted octanol–water partition coefficient (Wildman–Crippen LogP) is 3.69. The van der Waals surface area contributed by atoms with Crippen LogP contribution in [0, 0.1) is 10.1 Å². The Balaban J connectivity index is 2.23. The van der Waals surface area contributed by atoms with E-state index in [1.165, 1.54) is 23.1 Å². The maximum Gasteiger partial charge on any atom is 0.270 e. The molecule has 1 amide bonds. The lowest BCUT2D eigenvalue weighted by molar-refractivity contribution is -0.384. The number of thiophene rings is 1. The summed E-state index contributed by atoms with van der Waals surface area (Å²) in [6, 6.07) is 6.11. The summed E-state index contributed by atoms with van der Waals surface area (Å²) < 4.78 is 0.547. The molecule has 0 saturated heterocycles. The Labute approximate surface area is 128 Å². The molecule has 1 heterocycles. The van der Waals surface area contributed by atoms with Gasteiger partial charge in [-0.3, -0.25) is 14.9 Å². The third kappa shape index (κ3) is 3.23. The van der Waals surface area contributed by atoms with Crippen molar-refractivity contribution >= 4 is 38.9 Å². The first-order chi connectivity index (χ1) is 9.49. The summed E-state index contributed by atoms with van der Waals surface area (Å²) in [4.78, 5) is 24.1. The van der Waals surface area contributed by atoms with Gasteiger partial charge < -0.3 is 4.90 Å². The van der Waals surface area contributed by atoms with Crippen LogP contribution in [0.5, 0.6) is 0 Å². The fourth-order valence-electron chi connectivity index (χ4n) is 1.72. The van der Waals surface area contributed by atoms with Gasteiger partial charge in [-0.25, -0.2) is 0 Å². The normalized spacial score (nSPS) is 10.3. The monoisotopic (exact) mass is 354 g/mol. The number of benzene rings is 1. The Bertz CT molecular complexity index is 643. The molecule has 0 fully saturated rings. The van der Waals surface area contributed by atoms with Crippen LogP contribution in [-0.2, 0) is 6.54 Å².